The fraction of sp³-hybridized carbons (Fsp3) is 0.632. The molecule has 6 heteroatoms. The lowest BCUT2D eigenvalue weighted by Crippen LogP contribution is -2.56. The number of nitrogens with zero attached hydrogens (tertiary/aromatic N) is 3. The third-order valence-corrected chi connectivity index (χ3v) is 5.55. The Morgan fingerprint density at radius 3 is 2.68 bits per heavy atom. The SMILES string of the molecule is CC(C)N1C(=O)N[C@](C)([C@@H]2CCCN(CCc3ccncc3)C2)C1=O. The van der Waals surface area contributed by atoms with Gasteiger partial charge in [0.05, 0.1) is 0 Å². The summed E-state index contributed by atoms with van der Waals surface area (Å²) in [6.07, 6.45) is 6.65. The second kappa shape index (κ2) is 7.12. The van der Waals surface area contributed by atoms with E-state index in [1.807, 2.05) is 45.3 Å². The Kier molecular flexibility index (Phi) is 5.08. The molecular weight excluding hydrogens is 316 g/mol. The third-order valence-electron chi connectivity index (χ3n) is 5.55. The lowest BCUT2D eigenvalue weighted by molar-refractivity contribution is -0.134. The highest BCUT2D eigenvalue weighted by Crippen LogP contribution is 2.33. The molecule has 0 unspecified atom stereocenters. The number of hydrogen-bond acceptors (Lipinski definition) is 4. The molecule has 136 valence electrons. The highest BCUT2D eigenvalue weighted by Gasteiger charge is 2.53. The van der Waals surface area contributed by atoms with E-state index < -0.39 is 5.54 Å². The molecule has 3 amide bonds. The zero-order valence-electron chi connectivity index (χ0n) is 15.4. The minimum absolute atomic E-state index is 0.0755. The van der Waals surface area contributed by atoms with E-state index in [0.29, 0.717) is 0 Å². The topological polar surface area (TPSA) is 65.5 Å². The maximum absolute atomic E-state index is 12.9. The molecule has 6 nitrogen and oxygen atoms in total. The molecule has 0 spiro atoms. The number of hydrogen-bond donors (Lipinski definition) is 1. The summed E-state index contributed by atoms with van der Waals surface area (Å²) >= 11 is 0. The number of urea groups is 1. The van der Waals surface area contributed by atoms with Crippen molar-refractivity contribution in [2.24, 2.45) is 5.92 Å². The zero-order valence-corrected chi connectivity index (χ0v) is 15.4. The van der Waals surface area contributed by atoms with E-state index in [0.717, 1.165) is 38.9 Å². The second-order valence-corrected chi connectivity index (χ2v) is 7.65. The molecule has 2 saturated heterocycles. The van der Waals surface area contributed by atoms with Crippen LogP contribution in [0.5, 0.6) is 0 Å². The van der Waals surface area contributed by atoms with Crippen molar-refractivity contribution in [3.05, 3.63) is 30.1 Å². The number of likely N-dealkylation sites (tertiary alicyclic amines) is 1. The maximum Gasteiger partial charge on any atom is 0.325 e. The average molecular weight is 344 g/mol. The summed E-state index contributed by atoms with van der Waals surface area (Å²) in [7, 11) is 0. The minimum atomic E-state index is -0.781. The van der Waals surface area contributed by atoms with Gasteiger partial charge in [0, 0.05) is 37.4 Å². The minimum Gasteiger partial charge on any atom is -0.323 e. The quantitative estimate of drug-likeness (QED) is 0.831. The van der Waals surface area contributed by atoms with Gasteiger partial charge in [-0.25, -0.2) is 4.79 Å². The molecule has 1 aromatic heterocycles. The van der Waals surface area contributed by atoms with Gasteiger partial charge in [0.25, 0.3) is 5.91 Å². The van der Waals surface area contributed by atoms with Gasteiger partial charge in [-0.2, -0.15) is 0 Å². The first-order valence-electron chi connectivity index (χ1n) is 9.19. The van der Waals surface area contributed by atoms with E-state index >= 15 is 0 Å². The number of piperidine rings is 1. The summed E-state index contributed by atoms with van der Waals surface area (Å²) in [4.78, 5) is 33.0. The summed E-state index contributed by atoms with van der Waals surface area (Å²) in [6, 6.07) is 3.73. The molecular formula is C19H28N4O2. The van der Waals surface area contributed by atoms with Crippen molar-refractivity contribution in [2.45, 2.75) is 51.6 Å². The number of carbonyl (C=O) groups is 2. The van der Waals surface area contributed by atoms with Crippen molar-refractivity contribution < 1.29 is 9.59 Å². The Bertz CT molecular complexity index is 634. The first-order valence-corrected chi connectivity index (χ1v) is 9.19. The number of pyridine rings is 1. The van der Waals surface area contributed by atoms with E-state index in [4.69, 9.17) is 0 Å². The van der Waals surface area contributed by atoms with Gasteiger partial charge >= 0.3 is 6.03 Å². The summed E-state index contributed by atoms with van der Waals surface area (Å²) in [5.41, 5.74) is 0.496. The third kappa shape index (κ3) is 3.54. The van der Waals surface area contributed by atoms with Crippen molar-refractivity contribution >= 4 is 11.9 Å². The van der Waals surface area contributed by atoms with Gasteiger partial charge in [-0.15, -0.1) is 0 Å². The van der Waals surface area contributed by atoms with E-state index in [9.17, 15) is 9.59 Å². The lowest BCUT2D eigenvalue weighted by Gasteiger charge is -2.40. The van der Waals surface area contributed by atoms with Gasteiger partial charge in [-0.3, -0.25) is 14.7 Å². The van der Waals surface area contributed by atoms with Crippen molar-refractivity contribution in [1.82, 2.24) is 20.1 Å². The van der Waals surface area contributed by atoms with Gasteiger partial charge in [-0.1, -0.05) is 0 Å². The van der Waals surface area contributed by atoms with Crippen LogP contribution in [0.25, 0.3) is 0 Å². The number of aromatic nitrogens is 1. The molecule has 2 aliphatic rings. The van der Waals surface area contributed by atoms with Crippen LogP contribution < -0.4 is 5.32 Å². The second-order valence-electron chi connectivity index (χ2n) is 7.65. The monoisotopic (exact) mass is 344 g/mol. The van der Waals surface area contributed by atoms with Crippen molar-refractivity contribution in [3.63, 3.8) is 0 Å². The maximum atomic E-state index is 12.9. The summed E-state index contributed by atoms with van der Waals surface area (Å²) < 4.78 is 0. The fourth-order valence-corrected chi connectivity index (χ4v) is 3.99. The normalized spacial score (nSPS) is 27.8. The Morgan fingerprint density at radius 1 is 1.32 bits per heavy atom. The fourth-order valence-electron chi connectivity index (χ4n) is 3.99. The molecule has 0 aromatic carbocycles. The predicted molar refractivity (Wildman–Crippen MR) is 96.0 cm³/mol. The molecule has 1 aromatic rings. The van der Waals surface area contributed by atoms with Gasteiger partial charge in [0.1, 0.15) is 5.54 Å². The number of carbonyl (C=O) groups excluding carboxylic acids is 2. The summed E-state index contributed by atoms with van der Waals surface area (Å²) in [5, 5.41) is 2.98. The molecule has 0 saturated carbocycles. The van der Waals surface area contributed by atoms with E-state index in [2.05, 4.69) is 15.2 Å². The highest BCUT2D eigenvalue weighted by atomic mass is 16.2. The molecule has 25 heavy (non-hydrogen) atoms. The Morgan fingerprint density at radius 2 is 2.04 bits per heavy atom. The largest absolute Gasteiger partial charge is 0.325 e. The molecule has 2 aliphatic heterocycles. The Balaban J connectivity index is 1.65. The summed E-state index contributed by atoms with van der Waals surface area (Å²) in [6.45, 7) is 8.52. The molecule has 0 bridgehead atoms. The van der Waals surface area contributed by atoms with Crippen LogP contribution in [0, 0.1) is 5.92 Å². The number of amides is 3. The van der Waals surface area contributed by atoms with Crippen LogP contribution in [0.3, 0.4) is 0 Å². The van der Waals surface area contributed by atoms with Crippen LogP contribution in [0.1, 0.15) is 39.2 Å². The Labute approximate surface area is 149 Å². The molecule has 2 atom stereocenters. The van der Waals surface area contributed by atoms with Crippen LogP contribution in [-0.2, 0) is 11.2 Å². The van der Waals surface area contributed by atoms with Gasteiger partial charge in [0.15, 0.2) is 0 Å². The van der Waals surface area contributed by atoms with Crippen LogP contribution >= 0.6 is 0 Å². The van der Waals surface area contributed by atoms with Gasteiger partial charge in [-0.05, 0) is 64.3 Å². The zero-order chi connectivity index (χ0) is 18.0. The highest BCUT2D eigenvalue weighted by molar-refractivity contribution is 6.07. The molecule has 3 heterocycles. The first kappa shape index (κ1) is 17.9. The van der Waals surface area contributed by atoms with E-state index in [-0.39, 0.29) is 23.9 Å². The van der Waals surface area contributed by atoms with Crippen LogP contribution in [-0.4, -0.2) is 57.9 Å². The number of imide groups is 1. The van der Waals surface area contributed by atoms with Gasteiger partial charge in [0.2, 0.25) is 0 Å². The molecule has 2 fully saturated rings. The van der Waals surface area contributed by atoms with Crippen molar-refractivity contribution in [3.8, 4) is 0 Å². The Hall–Kier alpha value is -1.95. The molecule has 1 N–H and O–H groups in total. The molecule has 0 radical (unpaired) electrons. The standard InChI is InChI=1S/C19H28N4O2/c1-14(2)23-17(24)19(3,21-18(23)25)16-5-4-11-22(13-16)12-8-15-6-9-20-10-7-15/h6-7,9-10,14,16H,4-5,8,11-13H2,1-3H3,(H,21,25)/t16-,19-/m1/s1. The van der Waals surface area contributed by atoms with Crippen LogP contribution in [0.15, 0.2) is 24.5 Å². The van der Waals surface area contributed by atoms with Crippen LogP contribution in [0.4, 0.5) is 4.79 Å². The van der Waals surface area contributed by atoms with Crippen LogP contribution in [0.2, 0.25) is 0 Å². The first-order chi connectivity index (χ1) is 11.9. The van der Waals surface area contributed by atoms with Gasteiger partial charge < -0.3 is 10.2 Å². The predicted octanol–water partition coefficient (Wildman–Crippen LogP) is 2.05. The van der Waals surface area contributed by atoms with Crippen molar-refractivity contribution in [2.75, 3.05) is 19.6 Å². The molecule has 0 aliphatic carbocycles. The number of nitrogens with one attached hydrogen (secondary N) is 1. The molecule has 3 rings (SSSR count). The van der Waals surface area contributed by atoms with E-state index in [1.54, 1.807) is 0 Å². The average Bonchev–Trinajstić information content (AvgIpc) is 2.84. The smallest absolute Gasteiger partial charge is 0.323 e. The lowest BCUT2D eigenvalue weighted by atomic mass is 9.79. The summed E-state index contributed by atoms with van der Waals surface area (Å²) in [5.74, 6) is 0.0763. The van der Waals surface area contributed by atoms with Crippen molar-refractivity contribution in [1.29, 1.82) is 0 Å². The number of rotatable bonds is 5. The van der Waals surface area contributed by atoms with E-state index in [1.165, 1.54) is 10.5 Å².